The summed E-state index contributed by atoms with van der Waals surface area (Å²) >= 11 is 0.946. The molecule has 13 nitrogen and oxygen atoms in total. The van der Waals surface area contributed by atoms with Crippen molar-refractivity contribution < 1.29 is 38.5 Å². The summed E-state index contributed by atoms with van der Waals surface area (Å²) in [6.07, 6.45) is -0.918. The fourth-order valence-electron chi connectivity index (χ4n) is 4.26. The van der Waals surface area contributed by atoms with E-state index in [1.165, 1.54) is 12.3 Å². The minimum atomic E-state index is -3.96. The van der Waals surface area contributed by atoms with E-state index in [0.717, 1.165) is 21.9 Å². The van der Waals surface area contributed by atoms with Crippen LogP contribution in [0, 0.1) is 11.3 Å². The zero-order valence-corrected chi connectivity index (χ0v) is 23.2. The fourth-order valence-corrected chi connectivity index (χ4v) is 6.50. The monoisotopic (exact) mass is 584 g/mol. The number of fused-ring (bicyclic) bond motifs is 1. The predicted molar refractivity (Wildman–Crippen MR) is 142 cm³/mol. The van der Waals surface area contributed by atoms with Gasteiger partial charge in [-0.2, -0.15) is 4.98 Å². The Morgan fingerprint density at radius 3 is 2.64 bits per heavy atom. The second kappa shape index (κ2) is 11.8. The molecular weight excluding hydrogens is 551 g/mol. The lowest BCUT2D eigenvalue weighted by Crippen LogP contribution is -2.36. The van der Waals surface area contributed by atoms with Crippen molar-refractivity contribution in [1.82, 2.24) is 14.6 Å². The number of nitrogens with two attached hydrogens (primary N) is 1. The Kier molecular flexibility index (Phi) is 9.01. The number of thioether (sulfide) groups is 1. The normalized spacial score (nSPS) is 27.6. The number of benzene rings is 1. The van der Waals surface area contributed by atoms with Gasteiger partial charge < -0.3 is 25.8 Å². The summed E-state index contributed by atoms with van der Waals surface area (Å²) < 4.78 is 31.4. The summed E-state index contributed by atoms with van der Waals surface area (Å²) in [4.78, 5) is 28.0. The molecule has 1 saturated heterocycles. The molecule has 1 aromatic carbocycles. The second-order valence-corrected chi connectivity index (χ2v) is 12.9. The van der Waals surface area contributed by atoms with Crippen molar-refractivity contribution in [2.45, 2.75) is 44.4 Å². The van der Waals surface area contributed by atoms with Crippen LogP contribution in [0.25, 0.3) is 0 Å². The van der Waals surface area contributed by atoms with Gasteiger partial charge in [-0.15, -0.1) is 0 Å². The first-order chi connectivity index (χ1) is 18.4. The maximum atomic E-state index is 13.5. The Morgan fingerprint density at radius 1 is 1.31 bits per heavy atom. The van der Waals surface area contributed by atoms with Crippen molar-refractivity contribution in [1.29, 1.82) is 0 Å². The van der Waals surface area contributed by atoms with Gasteiger partial charge in [0.25, 0.3) is 0 Å². The fraction of sp³-hybridized carbons (Fsp3) is 0.542. The number of anilines is 1. The summed E-state index contributed by atoms with van der Waals surface area (Å²) in [6, 6.07) is 9.67. The highest BCUT2D eigenvalue weighted by molar-refractivity contribution is 8.13. The van der Waals surface area contributed by atoms with Gasteiger partial charge in [-0.05, 0) is 25.5 Å². The van der Waals surface area contributed by atoms with Gasteiger partial charge in [0.2, 0.25) is 0 Å². The van der Waals surface area contributed by atoms with Crippen LogP contribution in [0.2, 0.25) is 0 Å². The van der Waals surface area contributed by atoms with E-state index < -0.39 is 48.8 Å². The molecule has 15 heteroatoms. The van der Waals surface area contributed by atoms with Crippen LogP contribution < -0.4 is 16.5 Å². The molecule has 1 aliphatic carbocycles. The average Bonchev–Trinajstić information content (AvgIpc) is 3.42. The number of carbonyl (C=O) groups is 1. The van der Waals surface area contributed by atoms with Crippen LogP contribution >= 0.6 is 19.5 Å². The molecule has 2 aliphatic rings. The van der Waals surface area contributed by atoms with Crippen LogP contribution in [0.3, 0.4) is 0 Å². The molecule has 1 saturated carbocycles. The standard InChI is InChI=1S/C24H33N4O9PS/c1-23(2,14-29)21(31)39-11-10-35-38(34,26-12-15-6-4-3-5-7-15)36-13-16-19(30)18-20(24(18,33)37-16)28-9-8-17(25)27-22(28)32/h3-9,16,18-20,29-30,33H,10-14H2,1-2H3,(H,26,34)(H2,25,27,32). The summed E-state index contributed by atoms with van der Waals surface area (Å²) in [6.45, 7) is 2.60. The Balaban J connectivity index is 1.36. The van der Waals surface area contributed by atoms with Crippen molar-refractivity contribution in [2.24, 2.45) is 11.3 Å². The van der Waals surface area contributed by atoms with Crippen molar-refractivity contribution >= 4 is 30.4 Å². The summed E-state index contributed by atoms with van der Waals surface area (Å²) in [5.74, 6) is -2.46. The second-order valence-electron chi connectivity index (χ2n) is 10.0. The molecule has 2 fully saturated rings. The zero-order valence-electron chi connectivity index (χ0n) is 21.5. The first-order valence-electron chi connectivity index (χ1n) is 12.3. The highest BCUT2D eigenvalue weighted by Crippen LogP contribution is 2.62. The Hall–Kier alpha value is -2.13. The number of nitrogen functional groups attached to an aromatic ring is 1. The van der Waals surface area contributed by atoms with Gasteiger partial charge in [0.15, 0.2) is 10.9 Å². The molecule has 1 aliphatic heterocycles. The molecule has 2 aromatic rings. The van der Waals surface area contributed by atoms with Crippen LogP contribution in [-0.4, -0.2) is 73.6 Å². The summed E-state index contributed by atoms with van der Waals surface area (Å²) in [5.41, 5.74) is 4.73. The quantitative estimate of drug-likeness (QED) is 0.163. The highest BCUT2D eigenvalue weighted by atomic mass is 32.2. The number of carbonyl (C=O) groups excluding carboxylic acids is 1. The number of hydrogen-bond acceptors (Lipinski definition) is 12. The number of hydrogen-bond donors (Lipinski definition) is 5. The molecule has 0 radical (unpaired) electrons. The van der Waals surface area contributed by atoms with Crippen LogP contribution in [0.4, 0.5) is 5.82 Å². The number of aromatic nitrogens is 2. The molecule has 39 heavy (non-hydrogen) atoms. The van der Waals surface area contributed by atoms with E-state index in [-0.39, 0.29) is 43.1 Å². The number of aliphatic hydroxyl groups is 3. The minimum absolute atomic E-state index is 0.0282. The number of nitrogens with one attached hydrogen (secondary N) is 1. The lowest BCUT2D eigenvalue weighted by atomic mass is 9.97. The number of rotatable bonds is 13. The van der Waals surface area contributed by atoms with E-state index in [1.54, 1.807) is 13.8 Å². The van der Waals surface area contributed by atoms with Crippen molar-refractivity contribution in [2.75, 3.05) is 31.3 Å². The van der Waals surface area contributed by atoms with Crippen LogP contribution in [0.5, 0.6) is 0 Å². The third-order valence-corrected chi connectivity index (χ3v) is 9.37. The first kappa shape index (κ1) is 29.8. The van der Waals surface area contributed by atoms with Gasteiger partial charge in [0.1, 0.15) is 18.0 Å². The molecule has 0 amide bonds. The number of aliphatic hydroxyl groups excluding tert-OH is 2. The molecule has 6 atom stereocenters. The molecule has 2 heterocycles. The van der Waals surface area contributed by atoms with Crippen LogP contribution in [0.15, 0.2) is 47.4 Å². The van der Waals surface area contributed by atoms with Crippen LogP contribution in [-0.2, 0) is 29.7 Å². The highest BCUT2D eigenvalue weighted by Gasteiger charge is 2.76. The third kappa shape index (κ3) is 6.62. The van der Waals surface area contributed by atoms with Gasteiger partial charge in [0.05, 0.1) is 37.3 Å². The first-order valence-corrected chi connectivity index (χ1v) is 14.8. The number of nitrogens with zero attached hydrogens (tertiary/aromatic N) is 2. The topological polar surface area (TPSA) is 195 Å². The van der Waals surface area contributed by atoms with E-state index in [0.29, 0.717) is 0 Å². The summed E-state index contributed by atoms with van der Waals surface area (Å²) in [5, 5.41) is 33.6. The zero-order chi connectivity index (χ0) is 28.4. The molecule has 4 rings (SSSR count). The molecule has 1 aromatic heterocycles. The summed E-state index contributed by atoms with van der Waals surface area (Å²) in [7, 11) is -3.96. The van der Waals surface area contributed by atoms with Crippen LogP contribution in [0.1, 0.15) is 25.5 Å². The van der Waals surface area contributed by atoms with Gasteiger partial charge in [-0.3, -0.25) is 18.4 Å². The van der Waals surface area contributed by atoms with Crippen molar-refractivity contribution in [3.05, 3.63) is 58.6 Å². The van der Waals surface area contributed by atoms with Crippen molar-refractivity contribution in [3.63, 3.8) is 0 Å². The molecule has 6 unspecified atom stereocenters. The molecule has 0 spiro atoms. The molecule has 0 bridgehead atoms. The van der Waals surface area contributed by atoms with Gasteiger partial charge >= 0.3 is 13.4 Å². The predicted octanol–water partition coefficient (Wildman–Crippen LogP) is 0.654. The average molecular weight is 585 g/mol. The lowest BCUT2D eigenvalue weighted by Gasteiger charge is -2.25. The van der Waals surface area contributed by atoms with E-state index in [2.05, 4.69) is 10.1 Å². The third-order valence-electron chi connectivity index (χ3n) is 6.63. The van der Waals surface area contributed by atoms with Gasteiger partial charge in [0, 0.05) is 18.5 Å². The molecular formula is C24H33N4O9PS. The Morgan fingerprint density at radius 2 is 2.03 bits per heavy atom. The Labute approximate surface area is 229 Å². The minimum Gasteiger partial charge on any atom is -0.395 e. The van der Waals surface area contributed by atoms with E-state index in [9.17, 15) is 29.5 Å². The molecule has 6 N–H and O–H groups in total. The Bertz CT molecular complexity index is 1280. The van der Waals surface area contributed by atoms with E-state index >= 15 is 0 Å². The number of ether oxygens (including phenoxy) is 1. The SMILES string of the molecule is CC(C)(CO)C(=O)SCCOP(=O)(NCc1ccccc1)OCC1OC2(O)C(C1O)C2n1ccc(N)nc1=O. The smallest absolute Gasteiger partial charge is 0.395 e. The maximum absolute atomic E-state index is 13.5. The van der Waals surface area contributed by atoms with Gasteiger partial charge in [-0.1, -0.05) is 42.1 Å². The van der Waals surface area contributed by atoms with Gasteiger partial charge in [-0.25, -0.2) is 14.4 Å². The lowest BCUT2D eigenvalue weighted by molar-refractivity contribution is -0.161. The van der Waals surface area contributed by atoms with E-state index in [1.807, 2.05) is 30.3 Å². The van der Waals surface area contributed by atoms with Crippen molar-refractivity contribution in [3.8, 4) is 0 Å². The van der Waals surface area contributed by atoms with E-state index in [4.69, 9.17) is 19.5 Å². The molecule has 214 valence electrons. The maximum Gasteiger partial charge on any atom is 0.405 e. The largest absolute Gasteiger partial charge is 0.405 e.